The number of amides is 1. The van der Waals surface area contributed by atoms with Gasteiger partial charge in [0.2, 0.25) is 0 Å². The first-order valence-corrected chi connectivity index (χ1v) is 3.79. The Kier molecular flexibility index (Phi) is 2.13. The SMILES string of the molecule is C=C1C=CC(=O)N1CC(C)C. The van der Waals surface area contributed by atoms with Crippen molar-refractivity contribution in [2.45, 2.75) is 13.8 Å². The van der Waals surface area contributed by atoms with E-state index in [9.17, 15) is 4.79 Å². The lowest BCUT2D eigenvalue weighted by atomic mass is 10.2. The molecule has 0 bridgehead atoms. The second-order valence-electron chi connectivity index (χ2n) is 3.17. The van der Waals surface area contributed by atoms with Crippen LogP contribution in [0, 0.1) is 5.92 Å². The molecule has 0 aromatic heterocycles. The number of nitrogens with zero attached hydrogens (tertiary/aromatic N) is 1. The number of hydrogen-bond donors (Lipinski definition) is 0. The van der Waals surface area contributed by atoms with Gasteiger partial charge in [0.15, 0.2) is 0 Å². The minimum Gasteiger partial charge on any atom is -0.309 e. The number of carbonyl (C=O) groups excluding carboxylic acids is 1. The van der Waals surface area contributed by atoms with Gasteiger partial charge in [0.25, 0.3) is 5.91 Å². The van der Waals surface area contributed by atoms with Crippen LogP contribution in [-0.2, 0) is 4.79 Å². The van der Waals surface area contributed by atoms with E-state index in [2.05, 4.69) is 20.4 Å². The summed E-state index contributed by atoms with van der Waals surface area (Å²) in [4.78, 5) is 12.8. The molecule has 0 radical (unpaired) electrons. The van der Waals surface area contributed by atoms with Crippen molar-refractivity contribution < 1.29 is 4.79 Å². The monoisotopic (exact) mass is 151 g/mol. The fourth-order valence-electron chi connectivity index (χ4n) is 1.06. The molecule has 60 valence electrons. The van der Waals surface area contributed by atoms with Crippen molar-refractivity contribution >= 4 is 5.91 Å². The first-order valence-electron chi connectivity index (χ1n) is 3.79. The Morgan fingerprint density at radius 1 is 1.55 bits per heavy atom. The van der Waals surface area contributed by atoms with E-state index in [1.807, 2.05) is 0 Å². The Hall–Kier alpha value is -1.05. The van der Waals surface area contributed by atoms with E-state index in [1.54, 1.807) is 17.1 Å². The molecule has 0 aromatic carbocycles. The lowest BCUT2D eigenvalue weighted by Gasteiger charge is -2.18. The van der Waals surface area contributed by atoms with Gasteiger partial charge >= 0.3 is 0 Å². The van der Waals surface area contributed by atoms with E-state index in [0.717, 1.165) is 12.2 Å². The summed E-state index contributed by atoms with van der Waals surface area (Å²) in [7, 11) is 0. The highest BCUT2D eigenvalue weighted by molar-refractivity contribution is 5.92. The average Bonchev–Trinajstić information content (AvgIpc) is 2.18. The highest BCUT2D eigenvalue weighted by atomic mass is 16.2. The highest BCUT2D eigenvalue weighted by Gasteiger charge is 2.18. The maximum absolute atomic E-state index is 11.1. The van der Waals surface area contributed by atoms with Crippen LogP contribution in [0.1, 0.15) is 13.8 Å². The molecule has 1 amide bonds. The first-order chi connectivity index (χ1) is 5.11. The summed E-state index contributed by atoms with van der Waals surface area (Å²) in [6, 6.07) is 0. The Balaban J connectivity index is 2.59. The quantitative estimate of drug-likeness (QED) is 0.586. The van der Waals surface area contributed by atoms with E-state index in [0.29, 0.717) is 5.92 Å². The van der Waals surface area contributed by atoms with Gasteiger partial charge in [-0.1, -0.05) is 20.4 Å². The van der Waals surface area contributed by atoms with Gasteiger partial charge in [0.05, 0.1) is 0 Å². The number of hydrogen-bond acceptors (Lipinski definition) is 1. The maximum atomic E-state index is 11.1. The molecule has 0 unspecified atom stereocenters. The molecule has 1 aliphatic rings. The van der Waals surface area contributed by atoms with Crippen LogP contribution in [0.25, 0.3) is 0 Å². The van der Waals surface area contributed by atoms with Crippen molar-refractivity contribution in [3.8, 4) is 0 Å². The van der Waals surface area contributed by atoms with Gasteiger partial charge in [-0.15, -0.1) is 0 Å². The van der Waals surface area contributed by atoms with Gasteiger partial charge in [-0.05, 0) is 12.0 Å². The molecule has 2 heteroatoms. The summed E-state index contributed by atoms with van der Waals surface area (Å²) in [6.07, 6.45) is 3.31. The first kappa shape index (κ1) is 8.05. The van der Waals surface area contributed by atoms with Crippen molar-refractivity contribution in [1.82, 2.24) is 4.90 Å². The van der Waals surface area contributed by atoms with Crippen LogP contribution in [0.4, 0.5) is 0 Å². The summed E-state index contributed by atoms with van der Waals surface area (Å²) >= 11 is 0. The van der Waals surface area contributed by atoms with E-state index in [4.69, 9.17) is 0 Å². The lowest BCUT2D eigenvalue weighted by Crippen LogP contribution is -2.27. The zero-order valence-corrected chi connectivity index (χ0v) is 7.00. The standard InChI is InChI=1S/C9H13NO/c1-7(2)6-10-8(3)4-5-9(10)11/h4-5,7H,3,6H2,1-2H3. The van der Waals surface area contributed by atoms with Gasteiger partial charge in [-0.25, -0.2) is 0 Å². The number of allylic oxidation sites excluding steroid dienone is 1. The summed E-state index contributed by atoms with van der Waals surface area (Å²) in [5.74, 6) is 0.555. The predicted octanol–water partition coefficient (Wildman–Crippen LogP) is 1.55. The molecule has 0 fully saturated rings. The summed E-state index contributed by atoms with van der Waals surface area (Å²) in [5.41, 5.74) is 0.809. The molecule has 11 heavy (non-hydrogen) atoms. The maximum Gasteiger partial charge on any atom is 0.251 e. The van der Waals surface area contributed by atoms with Crippen molar-refractivity contribution in [3.63, 3.8) is 0 Å². The third kappa shape index (κ3) is 1.70. The predicted molar refractivity (Wildman–Crippen MR) is 44.8 cm³/mol. The molecule has 0 spiro atoms. The molecule has 1 aliphatic heterocycles. The van der Waals surface area contributed by atoms with Gasteiger partial charge in [0.1, 0.15) is 0 Å². The van der Waals surface area contributed by atoms with E-state index < -0.39 is 0 Å². The van der Waals surface area contributed by atoms with Gasteiger partial charge in [0, 0.05) is 18.3 Å². The number of rotatable bonds is 2. The van der Waals surface area contributed by atoms with E-state index in [-0.39, 0.29) is 5.91 Å². The Morgan fingerprint density at radius 3 is 2.55 bits per heavy atom. The fourth-order valence-corrected chi connectivity index (χ4v) is 1.06. The van der Waals surface area contributed by atoms with Crippen LogP contribution < -0.4 is 0 Å². The van der Waals surface area contributed by atoms with E-state index in [1.165, 1.54) is 0 Å². The van der Waals surface area contributed by atoms with Crippen LogP contribution >= 0.6 is 0 Å². The normalized spacial score (nSPS) is 17.2. The molecular weight excluding hydrogens is 138 g/mol. The van der Waals surface area contributed by atoms with Crippen molar-refractivity contribution in [2.75, 3.05) is 6.54 Å². The average molecular weight is 151 g/mol. The second-order valence-corrected chi connectivity index (χ2v) is 3.17. The molecule has 2 nitrogen and oxygen atoms in total. The van der Waals surface area contributed by atoms with Gasteiger partial charge < -0.3 is 4.90 Å². The molecule has 0 N–H and O–H groups in total. The zero-order valence-electron chi connectivity index (χ0n) is 7.00. The molecule has 0 atom stereocenters. The molecule has 1 rings (SSSR count). The van der Waals surface area contributed by atoms with Gasteiger partial charge in [-0.3, -0.25) is 4.79 Å². The summed E-state index contributed by atoms with van der Waals surface area (Å²) in [5, 5.41) is 0. The molecule has 0 aromatic rings. The summed E-state index contributed by atoms with van der Waals surface area (Å²) < 4.78 is 0. The van der Waals surface area contributed by atoms with E-state index >= 15 is 0 Å². The van der Waals surface area contributed by atoms with Crippen LogP contribution in [0.3, 0.4) is 0 Å². The third-order valence-corrected chi connectivity index (χ3v) is 1.58. The Bertz CT molecular complexity index is 198. The number of carbonyl (C=O) groups is 1. The highest BCUT2D eigenvalue weighted by Crippen LogP contribution is 2.14. The van der Waals surface area contributed by atoms with Crippen LogP contribution in [0.2, 0.25) is 0 Å². The smallest absolute Gasteiger partial charge is 0.251 e. The largest absolute Gasteiger partial charge is 0.309 e. The Labute approximate surface area is 67.2 Å². The van der Waals surface area contributed by atoms with Crippen molar-refractivity contribution in [1.29, 1.82) is 0 Å². The zero-order chi connectivity index (χ0) is 8.43. The molecule has 0 saturated carbocycles. The summed E-state index contributed by atoms with van der Waals surface area (Å²) in [6.45, 7) is 8.69. The van der Waals surface area contributed by atoms with Crippen LogP contribution in [0.5, 0.6) is 0 Å². The fraction of sp³-hybridized carbons (Fsp3) is 0.444. The van der Waals surface area contributed by atoms with Crippen molar-refractivity contribution in [2.24, 2.45) is 5.92 Å². The van der Waals surface area contributed by atoms with Crippen LogP contribution in [0.15, 0.2) is 24.4 Å². The topological polar surface area (TPSA) is 20.3 Å². The minimum absolute atomic E-state index is 0.0590. The molecule has 0 saturated heterocycles. The second kappa shape index (κ2) is 2.91. The van der Waals surface area contributed by atoms with Gasteiger partial charge in [-0.2, -0.15) is 0 Å². The third-order valence-electron chi connectivity index (χ3n) is 1.58. The lowest BCUT2D eigenvalue weighted by molar-refractivity contribution is -0.123. The minimum atomic E-state index is 0.0590. The molecule has 0 aliphatic carbocycles. The molecule has 1 heterocycles. The molecular formula is C9H13NO. The Morgan fingerprint density at radius 2 is 2.18 bits per heavy atom. The van der Waals surface area contributed by atoms with Crippen molar-refractivity contribution in [3.05, 3.63) is 24.4 Å². The van der Waals surface area contributed by atoms with Crippen LogP contribution in [-0.4, -0.2) is 17.4 Å².